The zero-order valence-electron chi connectivity index (χ0n) is 9.56. The topological polar surface area (TPSA) is 43.1 Å². The number of aromatic nitrogens is 1. The van der Waals surface area contributed by atoms with Crippen LogP contribution >= 0.6 is 23.2 Å². The molecule has 0 fully saturated rings. The Hall–Kier alpha value is -1.84. The smallest absolute Gasteiger partial charge is 0.347 e. The van der Waals surface area contributed by atoms with Gasteiger partial charge in [0.15, 0.2) is 0 Å². The second-order valence-electron chi connectivity index (χ2n) is 3.95. The predicted molar refractivity (Wildman–Crippen MR) is 75.7 cm³/mol. The minimum atomic E-state index is -0.470. The van der Waals surface area contributed by atoms with Crippen molar-refractivity contribution < 1.29 is 4.42 Å². The first-order chi connectivity index (χ1) is 9.15. The van der Waals surface area contributed by atoms with Crippen LogP contribution in [0, 0.1) is 0 Å². The SMILES string of the molecule is O=c1oc(-c2cccc(Cl)c2)nc2c(Cl)cccc12. The average molecular weight is 292 g/mol. The van der Waals surface area contributed by atoms with Crippen molar-refractivity contribution in [3.63, 3.8) is 0 Å². The van der Waals surface area contributed by atoms with Gasteiger partial charge in [0.2, 0.25) is 5.89 Å². The molecule has 0 bridgehead atoms. The molecule has 0 atom stereocenters. The van der Waals surface area contributed by atoms with Gasteiger partial charge in [0.1, 0.15) is 5.52 Å². The lowest BCUT2D eigenvalue weighted by Crippen LogP contribution is -2.03. The van der Waals surface area contributed by atoms with E-state index in [1.165, 1.54) is 0 Å². The summed E-state index contributed by atoms with van der Waals surface area (Å²) in [5, 5.41) is 1.31. The van der Waals surface area contributed by atoms with E-state index in [1.807, 2.05) is 0 Å². The first-order valence-electron chi connectivity index (χ1n) is 5.50. The Labute approximate surface area is 118 Å². The Kier molecular flexibility index (Phi) is 3.01. The summed E-state index contributed by atoms with van der Waals surface area (Å²) in [6.45, 7) is 0. The molecular weight excluding hydrogens is 285 g/mol. The highest BCUT2D eigenvalue weighted by Gasteiger charge is 2.10. The molecule has 2 aromatic carbocycles. The van der Waals surface area contributed by atoms with Gasteiger partial charge in [-0.05, 0) is 30.3 Å². The van der Waals surface area contributed by atoms with Gasteiger partial charge in [0.05, 0.1) is 10.4 Å². The van der Waals surface area contributed by atoms with Gasteiger partial charge in [-0.15, -0.1) is 0 Å². The molecule has 0 radical (unpaired) electrons. The molecule has 0 spiro atoms. The Morgan fingerprint density at radius 2 is 1.84 bits per heavy atom. The van der Waals surface area contributed by atoms with Gasteiger partial charge < -0.3 is 4.42 Å². The van der Waals surface area contributed by atoms with E-state index < -0.39 is 5.63 Å². The summed E-state index contributed by atoms with van der Waals surface area (Å²) < 4.78 is 5.20. The molecule has 0 amide bonds. The minimum absolute atomic E-state index is 0.202. The minimum Gasteiger partial charge on any atom is -0.403 e. The van der Waals surface area contributed by atoms with E-state index in [0.29, 0.717) is 26.5 Å². The molecule has 0 aliphatic carbocycles. The second-order valence-corrected chi connectivity index (χ2v) is 4.80. The van der Waals surface area contributed by atoms with Crippen molar-refractivity contribution in [2.24, 2.45) is 0 Å². The molecule has 0 N–H and O–H groups in total. The van der Waals surface area contributed by atoms with Crippen LogP contribution in [0.5, 0.6) is 0 Å². The van der Waals surface area contributed by atoms with Gasteiger partial charge >= 0.3 is 5.63 Å². The van der Waals surface area contributed by atoms with Crippen LogP contribution in [0.4, 0.5) is 0 Å². The van der Waals surface area contributed by atoms with Crippen LogP contribution in [0.25, 0.3) is 22.4 Å². The molecule has 0 unspecified atom stereocenters. The summed E-state index contributed by atoms with van der Waals surface area (Å²) in [6, 6.07) is 11.9. The zero-order chi connectivity index (χ0) is 13.4. The van der Waals surface area contributed by atoms with E-state index in [4.69, 9.17) is 27.6 Å². The third-order valence-corrected chi connectivity index (χ3v) is 3.22. The van der Waals surface area contributed by atoms with Crippen molar-refractivity contribution in [3.05, 3.63) is 62.9 Å². The van der Waals surface area contributed by atoms with E-state index in [1.54, 1.807) is 42.5 Å². The molecule has 0 saturated heterocycles. The molecule has 0 aliphatic rings. The van der Waals surface area contributed by atoms with Crippen LogP contribution in [0.15, 0.2) is 51.7 Å². The second kappa shape index (κ2) is 4.68. The Morgan fingerprint density at radius 1 is 1.05 bits per heavy atom. The highest BCUT2D eigenvalue weighted by molar-refractivity contribution is 6.35. The molecule has 1 heterocycles. The normalized spacial score (nSPS) is 10.8. The van der Waals surface area contributed by atoms with E-state index >= 15 is 0 Å². The standard InChI is InChI=1S/C14H7Cl2NO2/c15-9-4-1-3-8(7-9)13-17-12-10(14(18)19-13)5-2-6-11(12)16/h1-7H. The number of para-hydroxylation sites is 1. The van der Waals surface area contributed by atoms with E-state index in [9.17, 15) is 4.79 Å². The maximum atomic E-state index is 11.9. The summed E-state index contributed by atoms with van der Waals surface area (Å²) in [5.74, 6) is 0.202. The van der Waals surface area contributed by atoms with Crippen LogP contribution < -0.4 is 5.63 Å². The van der Waals surface area contributed by atoms with Crippen molar-refractivity contribution in [1.82, 2.24) is 4.98 Å². The molecule has 0 saturated carbocycles. The molecular formula is C14H7Cl2NO2. The van der Waals surface area contributed by atoms with Crippen LogP contribution in [0.3, 0.4) is 0 Å². The molecule has 3 nitrogen and oxygen atoms in total. The average Bonchev–Trinajstić information content (AvgIpc) is 2.40. The summed E-state index contributed by atoms with van der Waals surface area (Å²) >= 11 is 12.0. The summed E-state index contributed by atoms with van der Waals surface area (Å²) in [6.07, 6.45) is 0. The number of nitrogens with zero attached hydrogens (tertiary/aromatic N) is 1. The lowest BCUT2D eigenvalue weighted by molar-refractivity contribution is 0.518. The van der Waals surface area contributed by atoms with Gasteiger partial charge in [-0.25, -0.2) is 9.78 Å². The number of rotatable bonds is 1. The van der Waals surface area contributed by atoms with Crippen LogP contribution in [-0.2, 0) is 0 Å². The van der Waals surface area contributed by atoms with Crippen LogP contribution in [-0.4, -0.2) is 4.98 Å². The maximum Gasteiger partial charge on any atom is 0.347 e. The summed E-state index contributed by atoms with van der Waals surface area (Å²) in [7, 11) is 0. The van der Waals surface area contributed by atoms with Crippen molar-refractivity contribution in [1.29, 1.82) is 0 Å². The fourth-order valence-electron chi connectivity index (χ4n) is 1.81. The number of hydrogen-bond acceptors (Lipinski definition) is 3. The van der Waals surface area contributed by atoms with Gasteiger partial charge in [-0.1, -0.05) is 35.3 Å². The van der Waals surface area contributed by atoms with Crippen LogP contribution in [0.1, 0.15) is 0 Å². The van der Waals surface area contributed by atoms with E-state index in [0.717, 1.165) is 0 Å². The third-order valence-electron chi connectivity index (χ3n) is 2.68. The fourth-order valence-corrected chi connectivity index (χ4v) is 2.21. The number of benzene rings is 2. The largest absolute Gasteiger partial charge is 0.403 e. The van der Waals surface area contributed by atoms with Crippen molar-refractivity contribution in [2.45, 2.75) is 0 Å². The number of fused-ring (bicyclic) bond motifs is 1. The zero-order valence-corrected chi connectivity index (χ0v) is 11.1. The van der Waals surface area contributed by atoms with Gasteiger partial charge in [-0.3, -0.25) is 0 Å². The van der Waals surface area contributed by atoms with Crippen LogP contribution in [0.2, 0.25) is 10.0 Å². The van der Waals surface area contributed by atoms with Crippen molar-refractivity contribution >= 4 is 34.1 Å². The highest BCUT2D eigenvalue weighted by Crippen LogP contribution is 2.24. The Balaban J connectivity index is 2.32. The molecule has 94 valence electrons. The molecule has 3 rings (SSSR count). The van der Waals surface area contributed by atoms with Gasteiger partial charge in [0, 0.05) is 10.6 Å². The number of halogens is 2. The molecule has 0 aliphatic heterocycles. The lowest BCUT2D eigenvalue weighted by atomic mass is 10.2. The van der Waals surface area contributed by atoms with Gasteiger partial charge in [0.25, 0.3) is 0 Å². The maximum absolute atomic E-state index is 11.9. The van der Waals surface area contributed by atoms with Crippen molar-refractivity contribution in [3.8, 4) is 11.5 Å². The molecule has 5 heteroatoms. The number of hydrogen-bond donors (Lipinski definition) is 0. The fraction of sp³-hybridized carbons (Fsp3) is 0. The molecule has 1 aromatic heterocycles. The Morgan fingerprint density at radius 3 is 2.63 bits per heavy atom. The van der Waals surface area contributed by atoms with Crippen molar-refractivity contribution in [2.75, 3.05) is 0 Å². The lowest BCUT2D eigenvalue weighted by Gasteiger charge is -2.03. The Bertz CT molecular complexity index is 827. The molecule has 19 heavy (non-hydrogen) atoms. The predicted octanol–water partition coefficient (Wildman–Crippen LogP) is 4.16. The third kappa shape index (κ3) is 2.23. The van der Waals surface area contributed by atoms with Gasteiger partial charge in [-0.2, -0.15) is 0 Å². The first kappa shape index (κ1) is 12.2. The quantitative estimate of drug-likeness (QED) is 0.676. The van der Waals surface area contributed by atoms with E-state index in [2.05, 4.69) is 4.98 Å². The molecule has 3 aromatic rings. The monoisotopic (exact) mass is 291 g/mol. The summed E-state index contributed by atoms with van der Waals surface area (Å²) in [4.78, 5) is 16.2. The first-order valence-corrected chi connectivity index (χ1v) is 6.26. The highest BCUT2D eigenvalue weighted by atomic mass is 35.5. The summed E-state index contributed by atoms with van der Waals surface area (Å²) in [5.41, 5.74) is 0.587. The van der Waals surface area contributed by atoms with E-state index in [-0.39, 0.29) is 5.89 Å².